The zero-order valence-electron chi connectivity index (χ0n) is 32.3. The summed E-state index contributed by atoms with van der Waals surface area (Å²) in [5.41, 5.74) is 0. The molecule has 1 saturated carbocycles. The number of aliphatic hydroxyl groups is 4. The van der Waals surface area contributed by atoms with Crippen molar-refractivity contribution in [2.24, 2.45) is 11.8 Å². The highest BCUT2D eigenvalue weighted by atomic mass is 16.6. The van der Waals surface area contributed by atoms with Gasteiger partial charge in [-0.3, -0.25) is 4.79 Å². The van der Waals surface area contributed by atoms with Gasteiger partial charge in [-0.25, -0.2) is 0 Å². The monoisotopic (exact) mass is 701 g/mol. The van der Waals surface area contributed by atoms with Gasteiger partial charge in [0.15, 0.2) is 6.10 Å². The van der Waals surface area contributed by atoms with Gasteiger partial charge in [0.05, 0.1) is 13.2 Å². The zero-order valence-corrected chi connectivity index (χ0v) is 32.3. The van der Waals surface area contributed by atoms with E-state index in [1.807, 2.05) is 0 Å². The first-order valence-corrected chi connectivity index (χ1v) is 20.8. The molecule has 49 heavy (non-hydrogen) atoms. The Bertz CT molecular complexity index is 749. The van der Waals surface area contributed by atoms with E-state index in [9.17, 15) is 25.2 Å². The number of carbonyl (C=O) groups excluding carboxylic acids is 1. The number of aliphatic hydroxyl groups excluding tert-OH is 4. The molecule has 1 aliphatic rings. The number of hydrogen-bond acceptors (Lipinski definition) is 8. The SMILES string of the molecule is CCCCCC[C@H](C)CCCCCCCCCOC[C@H](O)CO[C@@H]1[C@@H](O)[C@H](O)[C@@H](O)[C@@H]1OC(=O)CCCCCCCCCCCCC(C)C. The zero-order chi connectivity index (χ0) is 36.1. The van der Waals surface area contributed by atoms with Crippen LogP contribution in [-0.4, -0.2) is 82.8 Å². The minimum Gasteiger partial charge on any atom is -0.457 e. The van der Waals surface area contributed by atoms with Crippen LogP contribution in [-0.2, 0) is 19.0 Å². The van der Waals surface area contributed by atoms with Gasteiger partial charge < -0.3 is 34.6 Å². The molecule has 0 unspecified atom stereocenters. The van der Waals surface area contributed by atoms with Crippen LogP contribution in [0.4, 0.5) is 0 Å². The molecule has 0 bridgehead atoms. The molecule has 0 amide bonds. The van der Waals surface area contributed by atoms with Gasteiger partial charge in [-0.1, -0.05) is 169 Å². The summed E-state index contributed by atoms with van der Waals surface area (Å²) < 4.78 is 16.8. The summed E-state index contributed by atoms with van der Waals surface area (Å²) in [7, 11) is 0. The lowest BCUT2D eigenvalue weighted by atomic mass is 9.96. The Balaban J connectivity index is 2.09. The second-order valence-electron chi connectivity index (χ2n) is 15.6. The molecule has 292 valence electrons. The maximum atomic E-state index is 12.5. The summed E-state index contributed by atoms with van der Waals surface area (Å²) in [4.78, 5) is 12.5. The Morgan fingerprint density at radius 1 is 0.571 bits per heavy atom. The van der Waals surface area contributed by atoms with Crippen molar-refractivity contribution in [3.63, 3.8) is 0 Å². The van der Waals surface area contributed by atoms with Crippen molar-refractivity contribution < 1.29 is 39.4 Å². The van der Waals surface area contributed by atoms with Crippen LogP contribution in [0.3, 0.4) is 0 Å². The summed E-state index contributed by atoms with van der Waals surface area (Å²) >= 11 is 0. The van der Waals surface area contributed by atoms with E-state index in [2.05, 4.69) is 27.7 Å². The normalized spacial score (nSPS) is 22.2. The number of unbranched alkanes of at least 4 members (excludes halogenated alkanes) is 18. The Kier molecular flexibility index (Phi) is 29.1. The number of ether oxygens (including phenoxy) is 3. The maximum Gasteiger partial charge on any atom is 0.306 e. The van der Waals surface area contributed by atoms with E-state index < -0.39 is 42.6 Å². The number of rotatable bonds is 34. The van der Waals surface area contributed by atoms with Crippen LogP contribution in [0.25, 0.3) is 0 Å². The van der Waals surface area contributed by atoms with Crippen molar-refractivity contribution in [1.82, 2.24) is 0 Å². The van der Waals surface area contributed by atoms with Gasteiger partial charge >= 0.3 is 5.97 Å². The minimum absolute atomic E-state index is 0.0906. The first-order chi connectivity index (χ1) is 23.7. The van der Waals surface area contributed by atoms with Crippen LogP contribution >= 0.6 is 0 Å². The number of esters is 1. The first-order valence-electron chi connectivity index (χ1n) is 20.8. The first kappa shape index (κ1) is 46.3. The topological polar surface area (TPSA) is 126 Å². The van der Waals surface area contributed by atoms with Crippen molar-refractivity contribution in [2.45, 2.75) is 225 Å². The molecule has 0 spiro atoms. The highest BCUT2D eigenvalue weighted by Gasteiger charge is 2.52. The van der Waals surface area contributed by atoms with Gasteiger partial charge in [-0.05, 0) is 24.7 Å². The molecular weight excluding hydrogens is 620 g/mol. The molecular formula is C41H80O8. The lowest BCUT2D eigenvalue weighted by Gasteiger charge is -2.24. The molecule has 0 heterocycles. The second kappa shape index (κ2) is 30.8. The number of hydrogen-bond donors (Lipinski definition) is 4. The minimum atomic E-state index is -1.49. The van der Waals surface area contributed by atoms with Crippen molar-refractivity contribution in [1.29, 1.82) is 0 Å². The summed E-state index contributed by atoms with van der Waals surface area (Å²) in [6.45, 7) is 9.72. The summed E-state index contributed by atoms with van der Waals surface area (Å²) in [5, 5.41) is 41.4. The second-order valence-corrected chi connectivity index (χ2v) is 15.6. The van der Waals surface area contributed by atoms with Gasteiger partial charge in [0.1, 0.15) is 30.5 Å². The molecule has 4 N–H and O–H groups in total. The highest BCUT2D eigenvalue weighted by Crippen LogP contribution is 2.28. The molecule has 7 atom stereocenters. The molecule has 0 saturated heterocycles. The van der Waals surface area contributed by atoms with E-state index in [0.29, 0.717) is 13.0 Å². The molecule has 1 aliphatic carbocycles. The van der Waals surface area contributed by atoms with Crippen molar-refractivity contribution in [3.8, 4) is 0 Å². The Morgan fingerprint density at radius 3 is 1.59 bits per heavy atom. The summed E-state index contributed by atoms with van der Waals surface area (Å²) in [6.07, 6.45) is 22.3. The maximum absolute atomic E-state index is 12.5. The smallest absolute Gasteiger partial charge is 0.306 e. The van der Waals surface area contributed by atoms with Crippen LogP contribution in [0, 0.1) is 11.8 Å². The largest absolute Gasteiger partial charge is 0.457 e. The van der Waals surface area contributed by atoms with E-state index in [4.69, 9.17) is 14.2 Å². The van der Waals surface area contributed by atoms with Gasteiger partial charge in [-0.2, -0.15) is 0 Å². The van der Waals surface area contributed by atoms with Crippen LogP contribution in [0.1, 0.15) is 188 Å². The average Bonchev–Trinajstić information content (AvgIpc) is 3.27. The molecule has 0 aliphatic heterocycles. The van der Waals surface area contributed by atoms with E-state index >= 15 is 0 Å². The fourth-order valence-electron chi connectivity index (χ4n) is 6.89. The van der Waals surface area contributed by atoms with Gasteiger partial charge in [0.2, 0.25) is 0 Å². The van der Waals surface area contributed by atoms with Crippen molar-refractivity contribution in [3.05, 3.63) is 0 Å². The standard InChI is InChI=1S/C41H80O8/c1-5-6-7-22-27-34(4)28-23-18-14-12-16-20-25-30-47-31-35(42)32-48-40-38(45)37(44)39(46)41(40)49-36(43)29-24-19-15-11-9-8-10-13-17-21-26-33(2)3/h33-35,37-42,44-46H,5-32H2,1-4H3/t34-,35-,37-,38-,39+,40+,41-/m0/s1. The summed E-state index contributed by atoms with van der Waals surface area (Å²) in [6, 6.07) is 0. The lowest BCUT2D eigenvalue weighted by molar-refractivity contribution is -0.168. The van der Waals surface area contributed by atoms with Crippen LogP contribution in [0.5, 0.6) is 0 Å². The molecule has 0 radical (unpaired) electrons. The Morgan fingerprint density at radius 2 is 1.04 bits per heavy atom. The van der Waals surface area contributed by atoms with E-state index in [-0.39, 0.29) is 19.6 Å². The molecule has 8 nitrogen and oxygen atoms in total. The van der Waals surface area contributed by atoms with E-state index in [1.165, 1.54) is 122 Å². The quantitative estimate of drug-likeness (QED) is 0.0388. The molecule has 1 rings (SSSR count). The predicted molar refractivity (Wildman–Crippen MR) is 200 cm³/mol. The van der Waals surface area contributed by atoms with Crippen molar-refractivity contribution >= 4 is 5.97 Å². The predicted octanol–water partition coefficient (Wildman–Crippen LogP) is 8.82. The Hall–Kier alpha value is -0.770. The number of carbonyl (C=O) groups is 1. The van der Waals surface area contributed by atoms with Gasteiger partial charge in [0, 0.05) is 13.0 Å². The fraction of sp³-hybridized carbons (Fsp3) is 0.976. The summed E-state index contributed by atoms with van der Waals surface area (Å²) in [5.74, 6) is 1.18. The molecule has 0 aromatic heterocycles. The fourth-order valence-corrected chi connectivity index (χ4v) is 6.89. The van der Waals surface area contributed by atoms with Gasteiger partial charge in [-0.15, -0.1) is 0 Å². The van der Waals surface area contributed by atoms with Crippen LogP contribution in [0.15, 0.2) is 0 Å². The molecule has 0 aromatic rings. The average molecular weight is 701 g/mol. The molecule has 0 aromatic carbocycles. The molecule has 8 heteroatoms. The van der Waals surface area contributed by atoms with Crippen LogP contribution in [0.2, 0.25) is 0 Å². The Labute approximate surface area is 301 Å². The highest BCUT2D eigenvalue weighted by molar-refractivity contribution is 5.69. The van der Waals surface area contributed by atoms with E-state index in [0.717, 1.165) is 37.5 Å². The third-order valence-electron chi connectivity index (χ3n) is 10.2. The molecule has 1 fully saturated rings. The van der Waals surface area contributed by atoms with E-state index in [1.54, 1.807) is 0 Å². The van der Waals surface area contributed by atoms with Crippen molar-refractivity contribution in [2.75, 3.05) is 19.8 Å². The van der Waals surface area contributed by atoms with Gasteiger partial charge in [0.25, 0.3) is 0 Å². The third-order valence-corrected chi connectivity index (χ3v) is 10.2. The lowest BCUT2D eigenvalue weighted by Crippen LogP contribution is -2.41. The third kappa shape index (κ3) is 24.2. The van der Waals surface area contributed by atoms with Crippen LogP contribution < -0.4 is 0 Å².